The van der Waals surface area contributed by atoms with E-state index in [1.165, 1.54) is 0 Å². The van der Waals surface area contributed by atoms with Crippen molar-refractivity contribution in [1.82, 2.24) is 0 Å². The van der Waals surface area contributed by atoms with Gasteiger partial charge in [0, 0.05) is 6.92 Å². The Kier molecular flexibility index (Phi) is 2.37. The zero-order chi connectivity index (χ0) is 10.8. The van der Waals surface area contributed by atoms with Crippen LogP contribution >= 0.6 is 0 Å². The molecule has 0 saturated carbocycles. The van der Waals surface area contributed by atoms with Gasteiger partial charge in [0.2, 0.25) is 0 Å². The topological polar surface area (TPSA) is 38.7 Å². The van der Waals surface area contributed by atoms with Crippen LogP contribution in [0.4, 0.5) is 0 Å². The molecular formula is C12H11NO2. The zero-order valence-corrected chi connectivity index (χ0v) is 8.65. The minimum absolute atomic E-state index is 0.359. The molecule has 2 rings (SSSR count). The van der Waals surface area contributed by atoms with Crippen LogP contribution in [0, 0.1) is 6.92 Å². The van der Waals surface area contributed by atoms with Crippen molar-refractivity contribution < 1.29 is 9.53 Å². The van der Waals surface area contributed by atoms with Gasteiger partial charge in [0.25, 0.3) is 0 Å². The Hall–Kier alpha value is -1.90. The highest BCUT2D eigenvalue weighted by molar-refractivity contribution is 6.06. The van der Waals surface area contributed by atoms with Gasteiger partial charge in [-0.3, -0.25) is 0 Å². The number of esters is 1. The Balaban J connectivity index is 2.35. The summed E-state index contributed by atoms with van der Waals surface area (Å²) in [6, 6.07) is 7.86. The second-order valence-corrected chi connectivity index (χ2v) is 3.46. The highest BCUT2D eigenvalue weighted by Gasteiger charge is 2.19. The van der Waals surface area contributed by atoms with E-state index in [0.29, 0.717) is 11.6 Å². The Morgan fingerprint density at radius 3 is 2.73 bits per heavy atom. The molecule has 0 fully saturated rings. The first-order valence-electron chi connectivity index (χ1n) is 4.71. The molecule has 1 aliphatic heterocycles. The molecule has 0 aliphatic carbocycles. The first kappa shape index (κ1) is 9.65. The van der Waals surface area contributed by atoms with Crippen LogP contribution in [0.25, 0.3) is 6.08 Å². The van der Waals surface area contributed by atoms with Crippen molar-refractivity contribution in [2.24, 2.45) is 4.99 Å². The van der Waals surface area contributed by atoms with E-state index in [2.05, 4.69) is 4.99 Å². The van der Waals surface area contributed by atoms with Gasteiger partial charge in [-0.25, -0.2) is 9.79 Å². The lowest BCUT2D eigenvalue weighted by Gasteiger charge is -1.95. The summed E-state index contributed by atoms with van der Waals surface area (Å²) < 4.78 is 4.82. The van der Waals surface area contributed by atoms with Crippen LogP contribution in [0.5, 0.6) is 0 Å². The summed E-state index contributed by atoms with van der Waals surface area (Å²) in [5.41, 5.74) is 2.47. The number of cyclic esters (lactones) is 1. The first-order valence-corrected chi connectivity index (χ1v) is 4.71. The van der Waals surface area contributed by atoms with Crippen LogP contribution in [-0.2, 0) is 9.53 Å². The SMILES string of the molecule is CC1=N/C(=C\c2cccc(C)c2)C(=O)O1. The summed E-state index contributed by atoms with van der Waals surface area (Å²) in [6.07, 6.45) is 1.73. The van der Waals surface area contributed by atoms with Crippen molar-refractivity contribution in [3.8, 4) is 0 Å². The van der Waals surface area contributed by atoms with Crippen molar-refractivity contribution in [1.29, 1.82) is 0 Å². The molecule has 3 nitrogen and oxygen atoms in total. The van der Waals surface area contributed by atoms with Crippen LogP contribution in [0.3, 0.4) is 0 Å². The molecule has 0 amide bonds. The van der Waals surface area contributed by atoms with Gasteiger partial charge in [-0.2, -0.15) is 0 Å². The van der Waals surface area contributed by atoms with Gasteiger partial charge >= 0.3 is 5.97 Å². The molecular weight excluding hydrogens is 190 g/mol. The quantitative estimate of drug-likeness (QED) is 0.516. The van der Waals surface area contributed by atoms with Crippen molar-refractivity contribution in [2.45, 2.75) is 13.8 Å². The summed E-state index contributed by atoms with van der Waals surface area (Å²) in [5, 5.41) is 0. The van der Waals surface area contributed by atoms with Crippen LogP contribution < -0.4 is 0 Å². The number of aryl methyl sites for hydroxylation is 1. The van der Waals surface area contributed by atoms with E-state index in [1.807, 2.05) is 31.2 Å². The Bertz CT molecular complexity index is 472. The monoisotopic (exact) mass is 201 g/mol. The number of hydrogen-bond acceptors (Lipinski definition) is 3. The Morgan fingerprint density at radius 2 is 2.13 bits per heavy atom. The fraction of sp³-hybridized carbons (Fsp3) is 0.167. The van der Waals surface area contributed by atoms with Gasteiger partial charge in [0.1, 0.15) is 0 Å². The molecule has 1 aromatic rings. The summed E-state index contributed by atoms with van der Waals surface area (Å²) in [6.45, 7) is 3.67. The van der Waals surface area contributed by atoms with E-state index in [0.717, 1.165) is 11.1 Å². The average Bonchev–Trinajstić information content (AvgIpc) is 2.45. The minimum atomic E-state index is -0.381. The summed E-state index contributed by atoms with van der Waals surface area (Å²) in [4.78, 5) is 15.3. The maximum atomic E-state index is 11.3. The number of carbonyl (C=O) groups excluding carboxylic acids is 1. The fourth-order valence-electron chi connectivity index (χ4n) is 1.43. The molecule has 1 aromatic carbocycles. The zero-order valence-electron chi connectivity index (χ0n) is 8.65. The average molecular weight is 201 g/mol. The van der Waals surface area contributed by atoms with E-state index in [-0.39, 0.29) is 5.97 Å². The third-order valence-corrected chi connectivity index (χ3v) is 2.07. The number of nitrogens with zero attached hydrogens (tertiary/aromatic N) is 1. The number of aliphatic imine (C=N–C) groups is 1. The summed E-state index contributed by atoms with van der Waals surface area (Å²) in [7, 11) is 0. The van der Waals surface area contributed by atoms with E-state index >= 15 is 0 Å². The van der Waals surface area contributed by atoms with Gasteiger partial charge in [0.15, 0.2) is 11.6 Å². The van der Waals surface area contributed by atoms with Crippen LogP contribution in [0.2, 0.25) is 0 Å². The molecule has 15 heavy (non-hydrogen) atoms. The number of carbonyl (C=O) groups is 1. The summed E-state index contributed by atoms with van der Waals surface area (Å²) in [5.74, 6) is 0.0212. The predicted molar refractivity (Wildman–Crippen MR) is 58.4 cm³/mol. The third-order valence-electron chi connectivity index (χ3n) is 2.07. The number of benzene rings is 1. The maximum absolute atomic E-state index is 11.3. The van der Waals surface area contributed by atoms with Crippen LogP contribution in [0.15, 0.2) is 35.0 Å². The second-order valence-electron chi connectivity index (χ2n) is 3.46. The van der Waals surface area contributed by atoms with Crippen LogP contribution in [-0.4, -0.2) is 11.9 Å². The molecule has 0 spiro atoms. The number of hydrogen-bond donors (Lipinski definition) is 0. The Labute approximate surface area is 88.1 Å². The maximum Gasteiger partial charge on any atom is 0.363 e. The predicted octanol–water partition coefficient (Wildman–Crippen LogP) is 2.31. The lowest BCUT2D eigenvalue weighted by molar-refractivity contribution is -0.130. The minimum Gasteiger partial charge on any atom is -0.407 e. The molecule has 0 atom stereocenters. The van der Waals surface area contributed by atoms with E-state index < -0.39 is 0 Å². The lowest BCUT2D eigenvalue weighted by Crippen LogP contribution is -1.99. The van der Waals surface area contributed by atoms with Crippen molar-refractivity contribution >= 4 is 17.9 Å². The second kappa shape index (κ2) is 3.69. The van der Waals surface area contributed by atoms with E-state index in [1.54, 1.807) is 13.0 Å². The van der Waals surface area contributed by atoms with E-state index in [4.69, 9.17) is 4.74 Å². The van der Waals surface area contributed by atoms with Crippen LogP contribution in [0.1, 0.15) is 18.1 Å². The largest absolute Gasteiger partial charge is 0.407 e. The number of ether oxygens (including phenoxy) is 1. The van der Waals surface area contributed by atoms with Crippen molar-refractivity contribution in [3.63, 3.8) is 0 Å². The van der Waals surface area contributed by atoms with Gasteiger partial charge in [0.05, 0.1) is 0 Å². The molecule has 3 heteroatoms. The summed E-state index contributed by atoms with van der Waals surface area (Å²) >= 11 is 0. The van der Waals surface area contributed by atoms with Crippen molar-refractivity contribution in [2.75, 3.05) is 0 Å². The molecule has 76 valence electrons. The standard InChI is InChI=1S/C12H11NO2/c1-8-4-3-5-10(6-8)7-11-12(14)15-9(2)13-11/h3-7H,1-2H3/b11-7-. The third kappa shape index (κ3) is 2.13. The molecule has 0 N–H and O–H groups in total. The molecule has 0 unspecified atom stereocenters. The van der Waals surface area contributed by atoms with Gasteiger partial charge in [-0.15, -0.1) is 0 Å². The smallest absolute Gasteiger partial charge is 0.363 e. The van der Waals surface area contributed by atoms with Gasteiger partial charge in [-0.05, 0) is 18.6 Å². The Morgan fingerprint density at radius 1 is 1.33 bits per heavy atom. The lowest BCUT2D eigenvalue weighted by atomic mass is 10.1. The van der Waals surface area contributed by atoms with E-state index in [9.17, 15) is 4.79 Å². The number of rotatable bonds is 1. The molecule has 0 saturated heterocycles. The highest BCUT2D eigenvalue weighted by Crippen LogP contribution is 2.15. The molecule has 1 aliphatic rings. The molecule has 0 aromatic heterocycles. The highest BCUT2D eigenvalue weighted by atomic mass is 16.6. The first-order chi connectivity index (χ1) is 7.15. The fourth-order valence-corrected chi connectivity index (χ4v) is 1.43. The molecule has 0 radical (unpaired) electrons. The van der Waals surface area contributed by atoms with Gasteiger partial charge < -0.3 is 4.74 Å². The van der Waals surface area contributed by atoms with Gasteiger partial charge in [-0.1, -0.05) is 29.8 Å². The van der Waals surface area contributed by atoms with Crippen molar-refractivity contribution in [3.05, 3.63) is 41.1 Å². The normalized spacial score (nSPS) is 17.9. The molecule has 0 bridgehead atoms. The molecule has 1 heterocycles.